The van der Waals surface area contributed by atoms with Crippen LogP contribution in [0.25, 0.3) is 0 Å². The van der Waals surface area contributed by atoms with Gasteiger partial charge in [-0.3, -0.25) is 9.59 Å². The van der Waals surface area contributed by atoms with Crippen molar-refractivity contribution in [3.8, 4) is 0 Å². The molecule has 0 aromatic rings. The molecule has 0 N–H and O–H groups in total. The maximum absolute atomic E-state index is 10.6. The van der Waals surface area contributed by atoms with Gasteiger partial charge in [-0.1, -0.05) is 0 Å². The minimum Gasteiger partial charge on any atom is -0.299 e. The van der Waals surface area contributed by atoms with E-state index in [1.165, 1.54) is 25.6 Å². The highest BCUT2D eigenvalue weighted by Crippen LogP contribution is 2.10. The van der Waals surface area contributed by atoms with E-state index in [0.717, 1.165) is 0 Å². The summed E-state index contributed by atoms with van der Waals surface area (Å²) in [4.78, 5) is 21.1. The molecular formula is C7H12O2S. The second-order valence-electron chi connectivity index (χ2n) is 2.27. The number of carbonyl (C=O) groups excluding carboxylic acids is 2. The van der Waals surface area contributed by atoms with Crippen molar-refractivity contribution in [2.45, 2.75) is 26.0 Å². The van der Waals surface area contributed by atoms with E-state index >= 15 is 0 Å². The zero-order chi connectivity index (χ0) is 8.15. The molecule has 0 aromatic heterocycles. The van der Waals surface area contributed by atoms with Crippen molar-refractivity contribution in [2.75, 3.05) is 5.75 Å². The fourth-order valence-electron chi connectivity index (χ4n) is 0.360. The molecule has 10 heavy (non-hydrogen) atoms. The second-order valence-corrected chi connectivity index (χ2v) is 3.60. The third-order valence-corrected chi connectivity index (χ3v) is 2.51. The summed E-state index contributed by atoms with van der Waals surface area (Å²) >= 11 is 1.39. The van der Waals surface area contributed by atoms with Gasteiger partial charge in [-0.25, -0.2) is 0 Å². The summed E-state index contributed by atoms with van der Waals surface area (Å²) in [6.07, 6.45) is 0. The first-order chi connectivity index (χ1) is 4.54. The Morgan fingerprint density at radius 2 is 1.90 bits per heavy atom. The molecule has 0 saturated heterocycles. The van der Waals surface area contributed by atoms with Crippen molar-refractivity contribution in [1.29, 1.82) is 0 Å². The number of hydrogen-bond acceptors (Lipinski definition) is 3. The third kappa shape index (κ3) is 4.56. The van der Waals surface area contributed by atoms with Gasteiger partial charge in [0.1, 0.15) is 11.6 Å². The Morgan fingerprint density at radius 3 is 2.20 bits per heavy atom. The van der Waals surface area contributed by atoms with Crippen molar-refractivity contribution in [3.63, 3.8) is 0 Å². The Morgan fingerprint density at radius 1 is 1.40 bits per heavy atom. The Balaban J connectivity index is 3.49. The Hall–Kier alpha value is -0.310. The Labute approximate surface area is 65.4 Å². The van der Waals surface area contributed by atoms with Crippen LogP contribution in [0.3, 0.4) is 0 Å². The summed E-state index contributed by atoms with van der Waals surface area (Å²) in [5.74, 6) is 0.699. The number of hydrogen-bond donors (Lipinski definition) is 0. The fourth-order valence-corrected chi connectivity index (χ4v) is 1.08. The lowest BCUT2D eigenvalue weighted by atomic mass is 10.3. The number of carbonyl (C=O) groups is 2. The summed E-state index contributed by atoms with van der Waals surface area (Å²) in [5.41, 5.74) is 0. The first-order valence-corrected chi connectivity index (χ1v) is 4.20. The van der Waals surface area contributed by atoms with Gasteiger partial charge < -0.3 is 0 Å². The second kappa shape index (κ2) is 4.50. The molecule has 1 atom stereocenters. The smallest absolute Gasteiger partial charge is 0.142 e. The minimum atomic E-state index is -0.0381. The van der Waals surface area contributed by atoms with Crippen molar-refractivity contribution in [1.82, 2.24) is 0 Å². The van der Waals surface area contributed by atoms with Gasteiger partial charge in [0.2, 0.25) is 0 Å². The van der Waals surface area contributed by atoms with Gasteiger partial charge >= 0.3 is 0 Å². The largest absolute Gasteiger partial charge is 0.299 e. The quantitative estimate of drug-likeness (QED) is 0.621. The normalized spacial score (nSPS) is 12.7. The van der Waals surface area contributed by atoms with Crippen LogP contribution < -0.4 is 0 Å². The molecule has 0 aliphatic carbocycles. The monoisotopic (exact) mass is 160 g/mol. The van der Waals surface area contributed by atoms with Crippen molar-refractivity contribution in [2.24, 2.45) is 0 Å². The molecule has 0 fully saturated rings. The van der Waals surface area contributed by atoms with Crippen LogP contribution in [0.4, 0.5) is 0 Å². The molecule has 3 heteroatoms. The lowest BCUT2D eigenvalue weighted by Gasteiger charge is -2.03. The lowest BCUT2D eigenvalue weighted by molar-refractivity contribution is -0.116. The predicted octanol–water partition coefficient (Wildman–Crippen LogP) is 1.29. The highest BCUT2D eigenvalue weighted by molar-refractivity contribution is 8.01. The molecule has 0 rings (SSSR count). The summed E-state index contributed by atoms with van der Waals surface area (Å²) in [5, 5.41) is -0.0381. The molecule has 1 unspecified atom stereocenters. The van der Waals surface area contributed by atoms with E-state index in [1.807, 2.05) is 6.92 Å². The maximum atomic E-state index is 10.6. The van der Waals surface area contributed by atoms with E-state index in [0.29, 0.717) is 5.75 Å². The molecule has 0 aliphatic rings. The summed E-state index contributed by atoms with van der Waals surface area (Å²) in [6.45, 7) is 4.88. The van der Waals surface area contributed by atoms with Gasteiger partial charge in [0.25, 0.3) is 0 Å². The predicted molar refractivity (Wildman–Crippen MR) is 43.3 cm³/mol. The van der Waals surface area contributed by atoms with E-state index in [9.17, 15) is 9.59 Å². The van der Waals surface area contributed by atoms with Crippen LogP contribution in [0.1, 0.15) is 20.8 Å². The Kier molecular flexibility index (Phi) is 4.36. The lowest BCUT2D eigenvalue weighted by Crippen LogP contribution is -2.10. The van der Waals surface area contributed by atoms with E-state index in [-0.39, 0.29) is 16.8 Å². The first kappa shape index (κ1) is 9.69. The summed E-state index contributed by atoms with van der Waals surface area (Å²) in [6, 6.07) is 0. The van der Waals surface area contributed by atoms with Crippen LogP contribution in [0.15, 0.2) is 0 Å². The molecule has 2 nitrogen and oxygen atoms in total. The van der Waals surface area contributed by atoms with Gasteiger partial charge in [-0.05, 0) is 20.8 Å². The average Bonchev–Trinajstić information content (AvgIpc) is 1.82. The van der Waals surface area contributed by atoms with Crippen LogP contribution in [-0.2, 0) is 9.59 Å². The number of ketones is 2. The molecule has 0 saturated carbocycles. The van der Waals surface area contributed by atoms with E-state index < -0.39 is 0 Å². The maximum Gasteiger partial charge on any atom is 0.142 e. The van der Waals surface area contributed by atoms with Gasteiger partial charge in [0, 0.05) is 0 Å². The van der Waals surface area contributed by atoms with Crippen molar-refractivity contribution < 1.29 is 9.59 Å². The van der Waals surface area contributed by atoms with Crippen LogP contribution >= 0.6 is 11.8 Å². The first-order valence-electron chi connectivity index (χ1n) is 3.15. The van der Waals surface area contributed by atoms with E-state index in [4.69, 9.17) is 0 Å². The molecule has 0 spiro atoms. The van der Waals surface area contributed by atoms with Crippen LogP contribution in [0, 0.1) is 0 Å². The van der Waals surface area contributed by atoms with E-state index in [1.54, 1.807) is 0 Å². The molecule has 58 valence electrons. The number of rotatable bonds is 4. The molecule has 0 bridgehead atoms. The van der Waals surface area contributed by atoms with Crippen molar-refractivity contribution >= 4 is 23.3 Å². The summed E-state index contributed by atoms with van der Waals surface area (Å²) in [7, 11) is 0. The van der Waals surface area contributed by atoms with Gasteiger partial charge in [-0.2, -0.15) is 0 Å². The van der Waals surface area contributed by atoms with Gasteiger partial charge in [0.15, 0.2) is 0 Å². The van der Waals surface area contributed by atoms with Gasteiger partial charge in [0.05, 0.1) is 11.0 Å². The van der Waals surface area contributed by atoms with Crippen molar-refractivity contribution in [3.05, 3.63) is 0 Å². The van der Waals surface area contributed by atoms with E-state index in [2.05, 4.69) is 0 Å². The minimum absolute atomic E-state index is 0.0381. The molecule has 0 radical (unpaired) electrons. The fraction of sp³-hybridized carbons (Fsp3) is 0.714. The average molecular weight is 160 g/mol. The third-order valence-electron chi connectivity index (χ3n) is 1.11. The highest BCUT2D eigenvalue weighted by Gasteiger charge is 2.07. The molecular weight excluding hydrogens is 148 g/mol. The SMILES string of the molecule is CC(=O)CSC(C)C(C)=O. The zero-order valence-corrected chi connectivity index (χ0v) is 7.33. The standard InChI is InChI=1S/C7H12O2S/c1-5(8)4-10-7(3)6(2)9/h7H,4H2,1-3H3. The Bertz CT molecular complexity index is 143. The molecule has 0 aromatic carbocycles. The number of Topliss-reactive ketones (excluding diaryl/α,β-unsaturated/α-hetero) is 2. The molecule has 0 aliphatic heterocycles. The zero-order valence-electron chi connectivity index (χ0n) is 6.51. The van der Waals surface area contributed by atoms with Gasteiger partial charge in [-0.15, -0.1) is 11.8 Å². The summed E-state index contributed by atoms with van der Waals surface area (Å²) < 4.78 is 0. The molecule has 0 heterocycles. The van der Waals surface area contributed by atoms with Crippen LogP contribution in [0.5, 0.6) is 0 Å². The number of thioether (sulfide) groups is 1. The van der Waals surface area contributed by atoms with Crippen LogP contribution in [-0.4, -0.2) is 22.6 Å². The topological polar surface area (TPSA) is 34.1 Å². The molecule has 0 amide bonds. The highest BCUT2D eigenvalue weighted by atomic mass is 32.2. The van der Waals surface area contributed by atoms with Crippen LogP contribution in [0.2, 0.25) is 0 Å².